The van der Waals surface area contributed by atoms with Gasteiger partial charge in [0.25, 0.3) is 5.91 Å². The van der Waals surface area contributed by atoms with E-state index >= 15 is 0 Å². The van der Waals surface area contributed by atoms with Crippen LogP contribution in [0.1, 0.15) is 44.9 Å². The van der Waals surface area contributed by atoms with Gasteiger partial charge in [0.15, 0.2) is 0 Å². The van der Waals surface area contributed by atoms with Crippen molar-refractivity contribution in [3.8, 4) is 0 Å². The fourth-order valence-corrected chi connectivity index (χ4v) is 5.84. The summed E-state index contributed by atoms with van der Waals surface area (Å²) in [5, 5.41) is 1.13. The van der Waals surface area contributed by atoms with E-state index in [4.69, 9.17) is 4.74 Å². The van der Waals surface area contributed by atoms with Crippen LogP contribution in [0, 0.1) is 17.8 Å². The topological polar surface area (TPSA) is 38.7 Å². The van der Waals surface area contributed by atoms with E-state index in [1.54, 1.807) is 11.8 Å². The van der Waals surface area contributed by atoms with Gasteiger partial charge in [0.05, 0.1) is 5.04 Å². The fourth-order valence-electron chi connectivity index (χ4n) is 4.46. The van der Waals surface area contributed by atoms with Gasteiger partial charge in [-0.2, -0.15) is 0 Å². The van der Waals surface area contributed by atoms with Crippen molar-refractivity contribution in [3.05, 3.63) is 0 Å². The maximum atomic E-state index is 12.2. The van der Waals surface area contributed by atoms with Crippen LogP contribution in [-0.2, 0) is 9.53 Å². The van der Waals surface area contributed by atoms with Crippen molar-refractivity contribution in [1.29, 1.82) is 0 Å². The lowest BCUT2D eigenvalue weighted by molar-refractivity contribution is -0.122. The van der Waals surface area contributed by atoms with Gasteiger partial charge >= 0.3 is 0 Å². The first-order valence-corrected chi connectivity index (χ1v) is 8.46. The van der Waals surface area contributed by atoms with Crippen molar-refractivity contribution < 1.29 is 9.53 Å². The molecular formula is C15H21NO2S. The van der Waals surface area contributed by atoms with Gasteiger partial charge < -0.3 is 4.74 Å². The van der Waals surface area contributed by atoms with E-state index in [1.165, 1.54) is 25.7 Å². The van der Waals surface area contributed by atoms with Gasteiger partial charge in [0, 0.05) is 13.2 Å². The average Bonchev–Trinajstić information content (AvgIpc) is 3.08. The zero-order chi connectivity index (χ0) is 12.9. The summed E-state index contributed by atoms with van der Waals surface area (Å²) in [6.45, 7) is 1.44. The molecule has 0 aromatic rings. The standard InChI is InChI=1S/C15H21NO2S/c17-14-15(3-5-18-6-4-15)19-13(16-14)9-12-8-10-1-2-11(12)7-10/h10-12H,1-9H2/t10-,11+,12+/m0/s1. The first-order chi connectivity index (χ1) is 9.25. The lowest BCUT2D eigenvalue weighted by Crippen LogP contribution is -2.37. The van der Waals surface area contributed by atoms with E-state index < -0.39 is 0 Å². The normalized spacial score (nSPS) is 40.1. The quantitative estimate of drug-likeness (QED) is 0.780. The molecule has 0 unspecified atom stereocenters. The molecule has 4 heteroatoms. The van der Waals surface area contributed by atoms with E-state index in [-0.39, 0.29) is 10.7 Å². The molecule has 3 atom stereocenters. The Balaban J connectivity index is 1.43. The molecule has 2 aliphatic carbocycles. The minimum absolute atomic E-state index is 0.124. The number of hydrogen-bond donors (Lipinski definition) is 0. The highest BCUT2D eigenvalue weighted by atomic mass is 32.2. The van der Waals surface area contributed by atoms with E-state index in [9.17, 15) is 4.79 Å². The Bertz CT molecular complexity index is 428. The molecule has 2 bridgehead atoms. The lowest BCUT2D eigenvalue weighted by Gasteiger charge is -2.30. The van der Waals surface area contributed by atoms with Crippen molar-refractivity contribution in [2.75, 3.05) is 13.2 Å². The average molecular weight is 279 g/mol. The Kier molecular flexibility index (Phi) is 2.99. The smallest absolute Gasteiger partial charge is 0.263 e. The Morgan fingerprint density at radius 2 is 2.11 bits per heavy atom. The lowest BCUT2D eigenvalue weighted by atomic mass is 9.87. The number of rotatable bonds is 2. The van der Waals surface area contributed by atoms with Gasteiger partial charge in [-0.25, -0.2) is 4.99 Å². The van der Waals surface area contributed by atoms with Crippen molar-refractivity contribution in [3.63, 3.8) is 0 Å². The molecule has 4 aliphatic rings. The SMILES string of the molecule is O=C1N=C(C[C@H]2C[C@H]3CC[C@@H]2C3)SC12CCOCC2. The number of thioether (sulfide) groups is 1. The van der Waals surface area contributed by atoms with Gasteiger partial charge in [-0.05, 0) is 56.3 Å². The zero-order valence-electron chi connectivity index (χ0n) is 11.3. The number of aliphatic imine (C=N–C) groups is 1. The fraction of sp³-hybridized carbons (Fsp3) is 0.867. The van der Waals surface area contributed by atoms with Gasteiger partial charge in [-0.3, -0.25) is 4.79 Å². The number of hydrogen-bond acceptors (Lipinski definition) is 3. The highest BCUT2D eigenvalue weighted by Crippen LogP contribution is 2.51. The molecule has 0 aromatic carbocycles. The van der Waals surface area contributed by atoms with Crippen LogP contribution in [-0.4, -0.2) is 28.9 Å². The molecule has 1 spiro atoms. The van der Waals surface area contributed by atoms with Crippen molar-refractivity contribution in [2.45, 2.75) is 49.7 Å². The number of fused-ring (bicyclic) bond motifs is 2. The third-order valence-electron chi connectivity index (χ3n) is 5.55. The molecule has 2 heterocycles. The number of carbonyl (C=O) groups excluding carboxylic acids is 1. The molecule has 19 heavy (non-hydrogen) atoms. The maximum absolute atomic E-state index is 12.2. The first kappa shape index (κ1) is 12.4. The Morgan fingerprint density at radius 3 is 2.79 bits per heavy atom. The summed E-state index contributed by atoms with van der Waals surface area (Å²) >= 11 is 1.78. The summed E-state index contributed by atoms with van der Waals surface area (Å²) in [6.07, 6.45) is 8.45. The number of carbonyl (C=O) groups is 1. The van der Waals surface area contributed by atoms with Gasteiger partial charge in [-0.1, -0.05) is 18.2 Å². The summed E-state index contributed by atoms with van der Waals surface area (Å²) in [5.74, 6) is 2.84. The second kappa shape index (κ2) is 4.59. The molecule has 2 aliphatic heterocycles. The van der Waals surface area contributed by atoms with Crippen molar-refractivity contribution in [2.24, 2.45) is 22.7 Å². The van der Waals surface area contributed by atoms with Crippen LogP contribution in [0.15, 0.2) is 4.99 Å². The predicted molar refractivity (Wildman–Crippen MR) is 76.4 cm³/mol. The van der Waals surface area contributed by atoms with E-state index in [2.05, 4.69) is 4.99 Å². The maximum Gasteiger partial charge on any atom is 0.263 e. The largest absolute Gasteiger partial charge is 0.381 e. The third kappa shape index (κ3) is 2.07. The number of nitrogens with zero attached hydrogens (tertiary/aromatic N) is 1. The van der Waals surface area contributed by atoms with Crippen LogP contribution in [0.4, 0.5) is 0 Å². The molecule has 3 nitrogen and oxygen atoms in total. The Labute approximate surface area is 118 Å². The van der Waals surface area contributed by atoms with Crippen LogP contribution in [0.2, 0.25) is 0 Å². The highest BCUT2D eigenvalue weighted by Gasteiger charge is 2.47. The summed E-state index contributed by atoms with van der Waals surface area (Å²) in [6, 6.07) is 0. The minimum atomic E-state index is -0.245. The summed E-state index contributed by atoms with van der Waals surface area (Å²) in [5.41, 5.74) is 0. The molecule has 104 valence electrons. The Hall–Kier alpha value is -0.350. The van der Waals surface area contributed by atoms with Crippen LogP contribution in [0.25, 0.3) is 0 Å². The molecule has 1 amide bonds. The van der Waals surface area contributed by atoms with Crippen LogP contribution in [0.5, 0.6) is 0 Å². The van der Waals surface area contributed by atoms with Crippen LogP contribution in [0.3, 0.4) is 0 Å². The van der Waals surface area contributed by atoms with E-state index in [0.29, 0.717) is 0 Å². The first-order valence-electron chi connectivity index (χ1n) is 7.64. The molecule has 4 rings (SSSR count). The van der Waals surface area contributed by atoms with Crippen LogP contribution >= 0.6 is 11.8 Å². The second-order valence-corrected chi connectivity index (χ2v) is 8.12. The minimum Gasteiger partial charge on any atom is -0.381 e. The zero-order valence-corrected chi connectivity index (χ0v) is 12.1. The third-order valence-corrected chi connectivity index (χ3v) is 7.02. The van der Waals surface area contributed by atoms with Gasteiger partial charge in [0.1, 0.15) is 4.75 Å². The molecule has 2 saturated carbocycles. The molecule has 0 radical (unpaired) electrons. The molecule has 1 saturated heterocycles. The van der Waals surface area contributed by atoms with Gasteiger partial charge in [0.2, 0.25) is 0 Å². The number of amides is 1. The molecule has 3 fully saturated rings. The summed E-state index contributed by atoms with van der Waals surface area (Å²) < 4.78 is 5.15. The van der Waals surface area contributed by atoms with Crippen LogP contribution < -0.4 is 0 Å². The van der Waals surface area contributed by atoms with E-state index in [0.717, 1.165) is 55.3 Å². The number of ether oxygens (including phenoxy) is 1. The van der Waals surface area contributed by atoms with Crippen molar-refractivity contribution in [1.82, 2.24) is 0 Å². The second-order valence-electron chi connectivity index (χ2n) is 6.66. The summed E-state index contributed by atoms with van der Waals surface area (Å²) in [7, 11) is 0. The summed E-state index contributed by atoms with van der Waals surface area (Å²) in [4.78, 5) is 16.6. The highest BCUT2D eigenvalue weighted by molar-refractivity contribution is 8.16. The molecular weight excluding hydrogens is 258 g/mol. The predicted octanol–water partition coefficient (Wildman–Crippen LogP) is 3.03. The van der Waals surface area contributed by atoms with Crippen molar-refractivity contribution >= 4 is 22.7 Å². The van der Waals surface area contributed by atoms with Gasteiger partial charge in [-0.15, -0.1) is 0 Å². The monoisotopic (exact) mass is 279 g/mol. The molecule has 0 aromatic heterocycles. The molecule has 0 N–H and O–H groups in total. The van der Waals surface area contributed by atoms with E-state index in [1.807, 2.05) is 0 Å². The Morgan fingerprint density at radius 1 is 1.26 bits per heavy atom.